The molecule has 0 saturated carbocycles. The average Bonchev–Trinajstić information content (AvgIpc) is 3.25. The first kappa shape index (κ1) is 28.5. The molecule has 0 saturated heterocycles. The molecule has 1 heterocycles. The van der Waals surface area contributed by atoms with Crippen molar-refractivity contribution in [3.05, 3.63) is 77.7 Å². The highest BCUT2D eigenvalue weighted by atomic mass is 32.1. The Morgan fingerprint density at radius 1 is 1.21 bits per heavy atom. The summed E-state index contributed by atoms with van der Waals surface area (Å²) in [6, 6.07) is 19.5. The summed E-state index contributed by atoms with van der Waals surface area (Å²) in [7, 11) is 4.19. The fraction of sp³-hybridized carbons (Fsp3) is 0.286. The van der Waals surface area contributed by atoms with Gasteiger partial charge in [0.2, 0.25) is 0 Å². The van der Waals surface area contributed by atoms with Crippen molar-refractivity contribution >= 4 is 45.3 Å². The number of nitrogens with zero attached hydrogens (tertiary/aromatic N) is 3. The maximum atomic E-state index is 9.83. The molecule has 3 rings (SSSR count). The molecule has 6 heteroatoms. The van der Waals surface area contributed by atoms with Crippen LogP contribution >= 0.6 is 11.3 Å². The van der Waals surface area contributed by atoms with Gasteiger partial charge in [0, 0.05) is 41.6 Å². The summed E-state index contributed by atoms with van der Waals surface area (Å²) in [5.74, 6) is 0. The number of hydrogen-bond acceptors (Lipinski definition) is 5. The van der Waals surface area contributed by atoms with E-state index in [9.17, 15) is 5.26 Å². The Bertz CT molecular complexity index is 1130. The minimum absolute atomic E-state index is 0.00226. The molecular weight excluding hydrogens is 442 g/mol. The van der Waals surface area contributed by atoms with Gasteiger partial charge < -0.3 is 14.9 Å². The SMILES string of the molecule is C=C.CCCN(C)c1ccc2cc(/C=C(\C#N)C(C)N(C)c3ccccc3C)sc2c1.O=CO. The summed E-state index contributed by atoms with van der Waals surface area (Å²) < 4.78 is 1.26. The number of benzene rings is 2. The first-order valence-corrected chi connectivity index (χ1v) is 11.9. The van der Waals surface area contributed by atoms with Gasteiger partial charge in [0.15, 0.2) is 0 Å². The number of likely N-dealkylation sites (N-methyl/N-ethyl adjacent to an activating group) is 1. The smallest absolute Gasteiger partial charge is 0.290 e. The Kier molecular flexibility index (Phi) is 12.2. The van der Waals surface area contributed by atoms with Gasteiger partial charge >= 0.3 is 0 Å². The van der Waals surface area contributed by atoms with Gasteiger partial charge in [-0.1, -0.05) is 31.2 Å². The molecule has 2 aromatic carbocycles. The number of anilines is 2. The molecule has 5 nitrogen and oxygen atoms in total. The van der Waals surface area contributed by atoms with Crippen LogP contribution in [0.1, 0.15) is 30.7 Å². The zero-order valence-electron chi connectivity index (χ0n) is 20.8. The topological polar surface area (TPSA) is 67.6 Å². The van der Waals surface area contributed by atoms with Crippen LogP contribution in [0.15, 0.2) is 67.3 Å². The van der Waals surface area contributed by atoms with Crippen LogP contribution in [0.2, 0.25) is 0 Å². The van der Waals surface area contributed by atoms with Gasteiger partial charge in [-0.3, -0.25) is 4.79 Å². The van der Waals surface area contributed by atoms with Crippen LogP contribution in [0, 0.1) is 18.3 Å². The molecule has 180 valence electrons. The van der Waals surface area contributed by atoms with Crippen LogP contribution in [0.5, 0.6) is 0 Å². The fourth-order valence-corrected chi connectivity index (χ4v) is 4.64. The van der Waals surface area contributed by atoms with Crippen molar-refractivity contribution in [2.75, 3.05) is 30.4 Å². The molecular formula is C28H35N3O2S. The number of rotatable bonds is 7. The highest BCUT2D eigenvalue weighted by Crippen LogP contribution is 2.32. The zero-order valence-corrected chi connectivity index (χ0v) is 21.6. The van der Waals surface area contributed by atoms with Gasteiger partial charge in [0.05, 0.1) is 17.7 Å². The van der Waals surface area contributed by atoms with Crippen LogP contribution in [0.4, 0.5) is 11.4 Å². The number of nitriles is 1. The second kappa shape index (κ2) is 14.6. The lowest BCUT2D eigenvalue weighted by atomic mass is 10.1. The number of thiophene rings is 1. The third-order valence-corrected chi connectivity index (χ3v) is 6.52. The number of hydrogen-bond donors (Lipinski definition) is 1. The minimum atomic E-state index is -0.250. The minimum Gasteiger partial charge on any atom is -0.483 e. The maximum Gasteiger partial charge on any atom is 0.290 e. The molecule has 0 aliphatic rings. The van der Waals surface area contributed by atoms with E-state index >= 15 is 0 Å². The standard InChI is InChI=1S/C25H29N3S.C2H4.CH2O2/c1-6-13-27(4)22-12-11-20-14-23(29-25(20)16-22)15-21(17-26)19(3)28(5)24-10-8-7-9-18(24)2;1-2;2-1-3/h7-12,14-16,19H,6,13H2,1-5H3;1-2H2;1H,(H,2,3)/b21-15+;;. The lowest BCUT2D eigenvalue weighted by Crippen LogP contribution is -2.30. The molecule has 0 aliphatic carbocycles. The van der Waals surface area contributed by atoms with Gasteiger partial charge in [0.25, 0.3) is 6.47 Å². The molecule has 0 spiro atoms. The molecule has 0 aliphatic heterocycles. The third kappa shape index (κ3) is 7.50. The average molecular weight is 478 g/mol. The summed E-state index contributed by atoms with van der Waals surface area (Å²) in [4.78, 5) is 13.9. The van der Waals surface area contributed by atoms with E-state index in [4.69, 9.17) is 9.90 Å². The monoisotopic (exact) mass is 477 g/mol. The molecule has 0 amide bonds. The number of aryl methyl sites for hydroxylation is 1. The molecule has 1 N–H and O–H groups in total. The van der Waals surface area contributed by atoms with Crippen molar-refractivity contribution in [1.29, 1.82) is 5.26 Å². The van der Waals surface area contributed by atoms with Gasteiger partial charge in [-0.15, -0.1) is 24.5 Å². The van der Waals surface area contributed by atoms with Crippen LogP contribution in [0.3, 0.4) is 0 Å². The summed E-state index contributed by atoms with van der Waals surface area (Å²) in [6.07, 6.45) is 3.17. The number of fused-ring (bicyclic) bond motifs is 1. The maximum absolute atomic E-state index is 9.83. The Balaban J connectivity index is 0.00000107. The normalized spacial score (nSPS) is 11.2. The van der Waals surface area contributed by atoms with Crippen LogP contribution < -0.4 is 9.80 Å². The lowest BCUT2D eigenvalue weighted by molar-refractivity contribution is -0.122. The Hall–Kier alpha value is -3.56. The largest absolute Gasteiger partial charge is 0.483 e. The number of carboxylic acid groups (broad SMARTS) is 1. The highest BCUT2D eigenvalue weighted by molar-refractivity contribution is 7.19. The van der Waals surface area contributed by atoms with Crippen molar-refractivity contribution < 1.29 is 9.90 Å². The predicted molar refractivity (Wildman–Crippen MR) is 148 cm³/mol. The second-order valence-electron chi connectivity index (χ2n) is 7.68. The Morgan fingerprint density at radius 3 is 2.44 bits per heavy atom. The molecule has 3 aromatic rings. The summed E-state index contributed by atoms with van der Waals surface area (Å²) in [6.45, 7) is 13.2. The van der Waals surface area contributed by atoms with E-state index in [1.165, 1.54) is 21.3 Å². The second-order valence-corrected chi connectivity index (χ2v) is 8.80. The van der Waals surface area contributed by atoms with Gasteiger partial charge in [-0.2, -0.15) is 5.26 Å². The number of para-hydroxylation sites is 1. The van der Waals surface area contributed by atoms with Gasteiger partial charge in [-0.05, 0) is 61.6 Å². The lowest BCUT2D eigenvalue weighted by Gasteiger charge is -2.28. The van der Waals surface area contributed by atoms with Crippen LogP contribution in [-0.2, 0) is 4.79 Å². The fourth-order valence-electron chi connectivity index (χ4n) is 3.59. The molecule has 1 unspecified atom stereocenters. The van der Waals surface area contributed by atoms with Crippen molar-refractivity contribution in [2.45, 2.75) is 33.2 Å². The molecule has 1 atom stereocenters. The van der Waals surface area contributed by atoms with E-state index in [0.29, 0.717) is 0 Å². The third-order valence-electron chi connectivity index (χ3n) is 5.48. The first-order valence-electron chi connectivity index (χ1n) is 11.1. The quantitative estimate of drug-likeness (QED) is 0.226. The number of carbonyl (C=O) groups is 1. The van der Waals surface area contributed by atoms with E-state index in [-0.39, 0.29) is 12.5 Å². The van der Waals surface area contributed by atoms with E-state index < -0.39 is 0 Å². The van der Waals surface area contributed by atoms with Crippen molar-refractivity contribution in [2.24, 2.45) is 0 Å². The zero-order chi connectivity index (χ0) is 25.7. The van der Waals surface area contributed by atoms with E-state index in [2.05, 4.69) is 100 Å². The van der Waals surface area contributed by atoms with E-state index in [1.807, 2.05) is 18.2 Å². The molecule has 1 aromatic heterocycles. The molecule has 0 bridgehead atoms. The van der Waals surface area contributed by atoms with Crippen molar-refractivity contribution in [3.8, 4) is 6.07 Å². The van der Waals surface area contributed by atoms with E-state index in [0.717, 1.165) is 29.1 Å². The van der Waals surface area contributed by atoms with Crippen molar-refractivity contribution in [1.82, 2.24) is 0 Å². The summed E-state index contributed by atoms with van der Waals surface area (Å²) in [5.41, 5.74) is 4.38. The molecule has 0 radical (unpaired) electrons. The van der Waals surface area contributed by atoms with Crippen LogP contribution in [0.25, 0.3) is 16.2 Å². The summed E-state index contributed by atoms with van der Waals surface area (Å²) in [5, 5.41) is 17.9. The van der Waals surface area contributed by atoms with Gasteiger partial charge in [-0.25, -0.2) is 0 Å². The van der Waals surface area contributed by atoms with E-state index in [1.54, 1.807) is 11.3 Å². The molecule has 34 heavy (non-hydrogen) atoms. The first-order chi connectivity index (χ1) is 16.4. The Labute approximate surface area is 207 Å². The van der Waals surface area contributed by atoms with Crippen molar-refractivity contribution in [3.63, 3.8) is 0 Å². The van der Waals surface area contributed by atoms with Gasteiger partial charge in [0.1, 0.15) is 0 Å². The summed E-state index contributed by atoms with van der Waals surface area (Å²) >= 11 is 1.75. The molecule has 0 fully saturated rings. The predicted octanol–water partition coefficient (Wildman–Crippen LogP) is 6.99. The van der Waals surface area contributed by atoms with Crippen LogP contribution in [-0.4, -0.2) is 38.3 Å². The Morgan fingerprint density at radius 2 is 1.85 bits per heavy atom. The highest BCUT2D eigenvalue weighted by Gasteiger charge is 2.17.